The Kier molecular flexibility index (Phi) is 5.75. The van der Waals surface area contributed by atoms with E-state index in [1.807, 2.05) is 0 Å². The summed E-state index contributed by atoms with van der Waals surface area (Å²) in [6.45, 7) is -0.217. The largest absolute Gasteiger partial charge is 0.434 e. The van der Waals surface area contributed by atoms with Gasteiger partial charge in [-0.05, 0) is 12.1 Å². The van der Waals surface area contributed by atoms with Crippen LogP contribution in [-0.2, 0) is 22.7 Å². The summed E-state index contributed by atoms with van der Waals surface area (Å²) < 4.78 is 67.8. The molecule has 12 heteroatoms. The molecular formula is C20H16F3N5O2S2. The molecule has 3 N–H and O–H groups in total. The molecule has 0 saturated heterocycles. The van der Waals surface area contributed by atoms with Crippen molar-refractivity contribution in [2.45, 2.75) is 17.6 Å². The smallest absolute Gasteiger partial charge is 0.383 e. The quantitative estimate of drug-likeness (QED) is 0.434. The topological polar surface area (TPSA) is 103 Å². The number of aromatic nitrogens is 3. The van der Waals surface area contributed by atoms with E-state index < -0.39 is 21.9 Å². The van der Waals surface area contributed by atoms with E-state index in [2.05, 4.69) is 14.8 Å². The summed E-state index contributed by atoms with van der Waals surface area (Å²) >= 11 is 0.732. The van der Waals surface area contributed by atoms with Crippen molar-refractivity contribution >= 4 is 27.2 Å². The lowest BCUT2D eigenvalue weighted by atomic mass is 10.1. The molecule has 0 radical (unpaired) electrons. The average molecular weight is 480 g/mol. The number of sulfonamides is 1. The van der Waals surface area contributed by atoms with Gasteiger partial charge in [-0.3, -0.25) is 0 Å². The Morgan fingerprint density at radius 2 is 1.66 bits per heavy atom. The average Bonchev–Trinajstić information content (AvgIpc) is 3.39. The Morgan fingerprint density at radius 3 is 2.25 bits per heavy atom. The van der Waals surface area contributed by atoms with Gasteiger partial charge in [0.25, 0.3) is 0 Å². The highest BCUT2D eigenvalue weighted by molar-refractivity contribution is 7.89. The zero-order valence-electron chi connectivity index (χ0n) is 16.2. The van der Waals surface area contributed by atoms with Crippen LogP contribution in [0.25, 0.3) is 16.4 Å². The molecule has 0 saturated carbocycles. The van der Waals surface area contributed by atoms with Gasteiger partial charge >= 0.3 is 6.18 Å². The van der Waals surface area contributed by atoms with Crippen molar-refractivity contribution < 1.29 is 21.6 Å². The third-order valence-corrected chi connectivity index (χ3v) is 6.76. The SMILES string of the molecule is Nc1c(CNS(=O)(=O)c2ccccc2)c(-c2ccccc2)nn1-c1nc(C(F)(F)F)cs1. The van der Waals surface area contributed by atoms with Crippen LogP contribution < -0.4 is 10.5 Å². The minimum absolute atomic E-state index is 0.0114. The van der Waals surface area contributed by atoms with Gasteiger partial charge in [0.1, 0.15) is 5.82 Å². The number of alkyl halides is 3. The van der Waals surface area contributed by atoms with Crippen molar-refractivity contribution in [3.63, 3.8) is 0 Å². The minimum Gasteiger partial charge on any atom is -0.383 e. The van der Waals surface area contributed by atoms with Crippen molar-refractivity contribution in [3.05, 3.63) is 77.3 Å². The molecule has 2 aromatic heterocycles. The minimum atomic E-state index is -4.60. The molecule has 0 unspecified atom stereocenters. The van der Waals surface area contributed by atoms with Gasteiger partial charge in [-0.25, -0.2) is 18.1 Å². The zero-order chi connectivity index (χ0) is 22.9. The number of thiazole rings is 1. The number of benzene rings is 2. The first-order chi connectivity index (χ1) is 15.2. The Hall–Kier alpha value is -3.22. The van der Waals surface area contributed by atoms with Gasteiger partial charge in [0.2, 0.25) is 15.2 Å². The van der Waals surface area contributed by atoms with Crippen LogP contribution >= 0.6 is 11.3 Å². The number of halogens is 3. The van der Waals surface area contributed by atoms with Gasteiger partial charge in [0.05, 0.1) is 10.6 Å². The fourth-order valence-electron chi connectivity index (χ4n) is 2.95. The fourth-order valence-corrected chi connectivity index (χ4v) is 4.76. The van der Waals surface area contributed by atoms with Crippen LogP contribution in [0.5, 0.6) is 0 Å². The van der Waals surface area contributed by atoms with Crippen LogP contribution in [0.4, 0.5) is 19.0 Å². The van der Waals surface area contributed by atoms with Crippen molar-refractivity contribution in [2.75, 3.05) is 5.73 Å². The molecule has 2 aromatic carbocycles. The van der Waals surface area contributed by atoms with Crippen LogP contribution in [0.3, 0.4) is 0 Å². The number of hydrogen-bond acceptors (Lipinski definition) is 6. The molecule has 32 heavy (non-hydrogen) atoms. The number of nitrogen functional groups attached to an aromatic ring is 1. The molecule has 166 valence electrons. The first kappa shape index (κ1) is 22.0. The number of nitrogens with one attached hydrogen (secondary N) is 1. The van der Waals surface area contributed by atoms with Gasteiger partial charge in [-0.2, -0.15) is 23.0 Å². The molecule has 0 atom stereocenters. The Morgan fingerprint density at radius 1 is 1.03 bits per heavy atom. The van der Waals surface area contributed by atoms with Crippen molar-refractivity contribution in [3.8, 4) is 16.4 Å². The van der Waals surface area contributed by atoms with E-state index in [0.717, 1.165) is 21.4 Å². The zero-order valence-corrected chi connectivity index (χ0v) is 17.9. The van der Waals surface area contributed by atoms with Crippen molar-refractivity contribution in [2.24, 2.45) is 0 Å². The molecule has 2 heterocycles. The predicted octanol–water partition coefficient (Wildman–Crippen LogP) is 4.08. The van der Waals surface area contributed by atoms with Crippen LogP contribution in [-0.4, -0.2) is 23.2 Å². The maximum atomic E-state index is 13.0. The van der Waals surface area contributed by atoms with E-state index in [-0.39, 0.29) is 22.4 Å². The molecule has 0 spiro atoms. The fraction of sp³-hybridized carbons (Fsp3) is 0.100. The van der Waals surface area contributed by atoms with E-state index in [1.165, 1.54) is 12.1 Å². The maximum Gasteiger partial charge on any atom is 0.434 e. The molecular weight excluding hydrogens is 463 g/mol. The Bertz CT molecular complexity index is 1330. The molecule has 7 nitrogen and oxygen atoms in total. The van der Waals surface area contributed by atoms with Gasteiger partial charge in [0.15, 0.2) is 5.69 Å². The predicted molar refractivity (Wildman–Crippen MR) is 115 cm³/mol. The third-order valence-electron chi connectivity index (χ3n) is 4.53. The van der Waals surface area contributed by atoms with E-state index in [9.17, 15) is 21.6 Å². The Balaban J connectivity index is 1.75. The molecule has 0 bridgehead atoms. The lowest BCUT2D eigenvalue weighted by Crippen LogP contribution is -2.23. The highest BCUT2D eigenvalue weighted by Crippen LogP contribution is 2.34. The summed E-state index contributed by atoms with van der Waals surface area (Å²) in [7, 11) is -3.85. The summed E-state index contributed by atoms with van der Waals surface area (Å²) in [6.07, 6.45) is -4.60. The summed E-state index contributed by atoms with van der Waals surface area (Å²) in [4.78, 5) is 3.66. The number of hydrogen-bond donors (Lipinski definition) is 2. The van der Waals surface area contributed by atoms with E-state index >= 15 is 0 Å². The first-order valence-electron chi connectivity index (χ1n) is 9.17. The Labute approximate surface area is 185 Å². The number of nitrogens with zero attached hydrogens (tertiary/aromatic N) is 3. The molecule has 4 rings (SSSR count). The van der Waals surface area contributed by atoms with Crippen LogP contribution in [0, 0.1) is 0 Å². The first-order valence-corrected chi connectivity index (χ1v) is 11.5. The van der Waals surface area contributed by atoms with Crippen LogP contribution in [0.1, 0.15) is 11.3 Å². The summed E-state index contributed by atoms with van der Waals surface area (Å²) in [5.41, 5.74) is 6.43. The van der Waals surface area contributed by atoms with E-state index in [0.29, 0.717) is 16.8 Å². The highest BCUT2D eigenvalue weighted by Gasteiger charge is 2.34. The lowest BCUT2D eigenvalue weighted by molar-refractivity contribution is -0.140. The van der Waals surface area contributed by atoms with Crippen molar-refractivity contribution in [1.82, 2.24) is 19.5 Å². The molecule has 4 aromatic rings. The van der Waals surface area contributed by atoms with Gasteiger partial charge in [-0.1, -0.05) is 48.5 Å². The number of anilines is 1. The van der Waals surface area contributed by atoms with E-state index in [4.69, 9.17) is 5.73 Å². The molecule has 0 aliphatic carbocycles. The molecule has 0 aliphatic heterocycles. The maximum absolute atomic E-state index is 13.0. The monoisotopic (exact) mass is 479 g/mol. The number of nitrogens with two attached hydrogens (primary N) is 1. The van der Waals surface area contributed by atoms with Gasteiger partial charge in [-0.15, -0.1) is 11.3 Å². The lowest BCUT2D eigenvalue weighted by Gasteiger charge is -2.08. The van der Waals surface area contributed by atoms with Gasteiger partial charge in [0, 0.05) is 23.1 Å². The van der Waals surface area contributed by atoms with Crippen LogP contribution in [0.2, 0.25) is 0 Å². The van der Waals surface area contributed by atoms with Crippen molar-refractivity contribution in [1.29, 1.82) is 0 Å². The summed E-state index contributed by atoms with van der Waals surface area (Å²) in [5, 5.41) is 5.15. The highest BCUT2D eigenvalue weighted by atomic mass is 32.2. The molecule has 0 aliphatic rings. The standard InChI is InChI=1S/C20H16F3N5O2S2/c21-20(22,23)16-12-31-19(26-16)28-18(24)15(17(27-28)13-7-3-1-4-8-13)11-25-32(29,30)14-9-5-2-6-10-14/h1-10,12,25H,11,24H2. The second-order valence-corrected chi connectivity index (χ2v) is 9.24. The van der Waals surface area contributed by atoms with Crippen LogP contribution in [0.15, 0.2) is 70.9 Å². The van der Waals surface area contributed by atoms with Gasteiger partial charge < -0.3 is 5.73 Å². The number of rotatable bonds is 6. The summed E-state index contributed by atoms with van der Waals surface area (Å²) in [5.74, 6) is -0.0114. The third kappa shape index (κ3) is 4.38. The molecule has 0 fully saturated rings. The second kappa shape index (κ2) is 8.37. The normalized spacial score (nSPS) is 12.2. The summed E-state index contributed by atoms with van der Waals surface area (Å²) in [6, 6.07) is 16.6. The van der Waals surface area contributed by atoms with E-state index in [1.54, 1.807) is 48.5 Å². The molecule has 0 amide bonds. The second-order valence-electron chi connectivity index (χ2n) is 6.64.